The van der Waals surface area contributed by atoms with Crippen LogP contribution >= 0.6 is 0 Å². The van der Waals surface area contributed by atoms with Gasteiger partial charge in [-0.1, -0.05) is 105 Å². The molecular weight excluding hydrogens is 476 g/mol. The molecule has 1 aliphatic carbocycles. The predicted octanol–water partition coefficient (Wildman–Crippen LogP) is 8.30. The molecule has 0 spiro atoms. The van der Waals surface area contributed by atoms with Crippen LogP contribution < -0.4 is 0 Å². The van der Waals surface area contributed by atoms with Gasteiger partial charge in [0, 0.05) is 24.2 Å². The summed E-state index contributed by atoms with van der Waals surface area (Å²) in [7, 11) is 0. The van der Waals surface area contributed by atoms with Crippen LogP contribution in [0.5, 0.6) is 0 Å². The number of likely N-dealkylation sites (tertiary alicyclic amines) is 1. The van der Waals surface area contributed by atoms with Gasteiger partial charge in [0.2, 0.25) is 0 Å². The first kappa shape index (κ1) is 25.2. The van der Waals surface area contributed by atoms with Crippen LogP contribution in [0.15, 0.2) is 96.0 Å². The molecule has 4 nitrogen and oxygen atoms in total. The third-order valence-corrected chi connectivity index (χ3v) is 8.54. The molecule has 196 valence electrons. The Balaban J connectivity index is 1.55. The number of benzene rings is 3. The number of nitrogens with zero attached hydrogens (tertiary/aromatic N) is 4. The average Bonchev–Trinajstić information content (AvgIpc) is 3.37. The molecule has 1 saturated carbocycles. The summed E-state index contributed by atoms with van der Waals surface area (Å²) in [5.74, 6) is 1.42. The summed E-state index contributed by atoms with van der Waals surface area (Å²) in [6.07, 6.45) is 5.67. The summed E-state index contributed by atoms with van der Waals surface area (Å²) in [5, 5.41) is 10.6. The Hall–Kier alpha value is -4.10. The van der Waals surface area contributed by atoms with Crippen molar-refractivity contribution in [1.29, 1.82) is 5.26 Å². The molecule has 1 saturated heterocycles. The molecule has 2 heterocycles. The van der Waals surface area contributed by atoms with Crippen LogP contribution in [0, 0.1) is 22.7 Å². The molecule has 2 bridgehead atoms. The Bertz CT molecular complexity index is 1530. The minimum atomic E-state index is 0.101. The minimum absolute atomic E-state index is 0.101. The number of aromatic nitrogens is 1. The largest absolute Gasteiger partial charge is 0.357 e. The molecule has 2 unspecified atom stereocenters. The van der Waals surface area contributed by atoms with Gasteiger partial charge in [0.05, 0.1) is 12.0 Å². The molecule has 3 aromatic carbocycles. The van der Waals surface area contributed by atoms with E-state index >= 15 is 0 Å². The summed E-state index contributed by atoms with van der Waals surface area (Å²) < 4.78 is 2.25. The fourth-order valence-electron chi connectivity index (χ4n) is 7.36. The van der Waals surface area contributed by atoms with Gasteiger partial charge in [0.15, 0.2) is 5.82 Å². The first-order valence-corrected chi connectivity index (χ1v) is 14.0. The van der Waals surface area contributed by atoms with E-state index < -0.39 is 0 Å². The van der Waals surface area contributed by atoms with Crippen molar-refractivity contribution in [1.82, 2.24) is 9.47 Å². The van der Waals surface area contributed by atoms with Gasteiger partial charge in [-0.15, -0.1) is 0 Å². The molecule has 4 aromatic rings. The van der Waals surface area contributed by atoms with Gasteiger partial charge < -0.3 is 9.47 Å². The molecule has 39 heavy (non-hydrogen) atoms. The fraction of sp³-hybridized carbons (Fsp3) is 0.314. The highest BCUT2D eigenvalue weighted by Crippen LogP contribution is 2.51. The molecule has 4 heteroatoms. The zero-order chi connectivity index (χ0) is 27.0. The maximum absolute atomic E-state index is 10.6. The topological polar surface area (TPSA) is 44.3 Å². The smallest absolute Gasteiger partial charge is 0.153 e. The van der Waals surface area contributed by atoms with Crippen molar-refractivity contribution in [3.8, 4) is 28.5 Å². The quantitative estimate of drug-likeness (QED) is 0.193. The highest BCUT2D eigenvalue weighted by Gasteiger charge is 2.49. The molecule has 0 N–H and O–H groups in total. The standard InChI is InChI=1S/C35H36N4/c1-34(2)19-27-20-35(3,24-34)38(22-27)25-37-33-30(21-36)31(28-15-9-5-10-16-28)32(29-17-11-6-12-18-29)39(33)23-26-13-7-4-8-14-26/h4-18,25,27H,19-20,22-24H2,1-3H3. The first-order valence-electron chi connectivity index (χ1n) is 14.0. The molecule has 2 atom stereocenters. The number of hydrogen-bond acceptors (Lipinski definition) is 2. The molecule has 2 aliphatic rings. The second-order valence-corrected chi connectivity index (χ2v) is 12.3. The number of fused-ring (bicyclic) bond motifs is 2. The maximum Gasteiger partial charge on any atom is 0.153 e. The Kier molecular flexibility index (Phi) is 6.39. The van der Waals surface area contributed by atoms with Crippen molar-refractivity contribution in [2.24, 2.45) is 16.3 Å². The highest BCUT2D eigenvalue weighted by molar-refractivity contribution is 5.91. The monoisotopic (exact) mass is 512 g/mol. The number of aliphatic imine (C=N–C) groups is 1. The van der Waals surface area contributed by atoms with Crippen LogP contribution in [-0.4, -0.2) is 27.9 Å². The van der Waals surface area contributed by atoms with Crippen LogP contribution in [-0.2, 0) is 6.54 Å². The number of rotatable bonds is 6. The number of hydrogen-bond donors (Lipinski definition) is 0. The summed E-state index contributed by atoms with van der Waals surface area (Å²) in [5.41, 5.74) is 6.33. The second-order valence-electron chi connectivity index (χ2n) is 12.3. The predicted molar refractivity (Wildman–Crippen MR) is 160 cm³/mol. The van der Waals surface area contributed by atoms with Gasteiger partial charge in [0.25, 0.3) is 0 Å². The van der Waals surface area contributed by atoms with E-state index in [4.69, 9.17) is 4.99 Å². The van der Waals surface area contributed by atoms with Crippen LogP contribution in [0.25, 0.3) is 22.4 Å². The molecule has 6 rings (SSSR count). The van der Waals surface area contributed by atoms with Gasteiger partial charge in [-0.3, -0.25) is 0 Å². The average molecular weight is 513 g/mol. The first-order chi connectivity index (χ1) is 18.9. The summed E-state index contributed by atoms with van der Waals surface area (Å²) in [4.78, 5) is 7.64. The summed E-state index contributed by atoms with van der Waals surface area (Å²) in [6, 6.07) is 33.7. The summed E-state index contributed by atoms with van der Waals surface area (Å²) >= 11 is 0. The van der Waals surface area contributed by atoms with Crippen LogP contribution in [0.3, 0.4) is 0 Å². The van der Waals surface area contributed by atoms with Crippen LogP contribution in [0.1, 0.15) is 51.2 Å². The van der Waals surface area contributed by atoms with E-state index in [0.29, 0.717) is 23.4 Å². The van der Waals surface area contributed by atoms with E-state index in [1.165, 1.54) is 18.4 Å². The molecular formula is C35H36N4. The second kappa shape index (κ2) is 9.89. The van der Waals surface area contributed by atoms with E-state index in [1.54, 1.807) is 0 Å². The SMILES string of the molecule is CC1(C)CC2CN(C=Nc3c(C#N)c(-c4ccccc4)c(-c4ccccc4)n3Cc3ccccc3)C(C)(C2)C1. The lowest BCUT2D eigenvalue weighted by molar-refractivity contribution is 0.121. The van der Waals surface area contributed by atoms with Gasteiger partial charge in [-0.05, 0) is 54.2 Å². The van der Waals surface area contributed by atoms with Crippen molar-refractivity contribution in [2.75, 3.05) is 6.54 Å². The van der Waals surface area contributed by atoms with Gasteiger partial charge in [0.1, 0.15) is 11.6 Å². The van der Waals surface area contributed by atoms with Gasteiger partial charge in [-0.25, -0.2) is 4.99 Å². The molecule has 1 aliphatic heterocycles. The number of nitriles is 1. The van der Waals surface area contributed by atoms with E-state index in [-0.39, 0.29) is 5.54 Å². The highest BCUT2D eigenvalue weighted by atomic mass is 15.3. The lowest BCUT2D eigenvalue weighted by atomic mass is 9.67. The van der Waals surface area contributed by atoms with Crippen molar-refractivity contribution >= 4 is 12.2 Å². The van der Waals surface area contributed by atoms with Gasteiger partial charge >= 0.3 is 0 Å². The lowest BCUT2D eigenvalue weighted by Gasteiger charge is -2.42. The Morgan fingerprint density at radius 3 is 2.13 bits per heavy atom. The Morgan fingerprint density at radius 1 is 0.872 bits per heavy atom. The van der Waals surface area contributed by atoms with E-state index in [0.717, 1.165) is 41.2 Å². The zero-order valence-corrected chi connectivity index (χ0v) is 23.1. The Morgan fingerprint density at radius 2 is 1.49 bits per heavy atom. The summed E-state index contributed by atoms with van der Waals surface area (Å²) in [6.45, 7) is 8.84. The van der Waals surface area contributed by atoms with Crippen LogP contribution in [0.4, 0.5) is 5.82 Å². The normalized spacial score (nSPS) is 21.8. The van der Waals surface area contributed by atoms with E-state index in [9.17, 15) is 5.26 Å². The third-order valence-electron chi connectivity index (χ3n) is 8.54. The molecule has 2 fully saturated rings. The molecule has 0 radical (unpaired) electrons. The Labute approximate surface area is 232 Å². The minimum Gasteiger partial charge on any atom is -0.357 e. The zero-order valence-electron chi connectivity index (χ0n) is 23.1. The molecule has 1 aromatic heterocycles. The van der Waals surface area contributed by atoms with E-state index in [1.807, 2.05) is 36.7 Å². The van der Waals surface area contributed by atoms with Crippen LogP contribution in [0.2, 0.25) is 0 Å². The van der Waals surface area contributed by atoms with Crippen molar-refractivity contribution in [3.05, 3.63) is 102 Å². The molecule has 0 amide bonds. The van der Waals surface area contributed by atoms with Crippen molar-refractivity contribution < 1.29 is 0 Å². The van der Waals surface area contributed by atoms with Gasteiger partial charge in [-0.2, -0.15) is 5.26 Å². The fourth-order valence-corrected chi connectivity index (χ4v) is 7.36. The van der Waals surface area contributed by atoms with E-state index in [2.05, 4.69) is 97.0 Å². The third kappa shape index (κ3) is 4.79. The van der Waals surface area contributed by atoms with Crippen molar-refractivity contribution in [2.45, 2.75) is 52.1 Å². The van der Waals surface area contributed by atoms with Crippen molar-refractivity contribution in [3.63, 3.8) is 0 Å². The maximum atomic E-state index is 10.6. The lowest BCUT2D eigenvalue weighted by Crippen LogP contribution is -2.44.